The Labute approximate surface area is 159 Å². The van der Waals surface area contributed by atoms with Gasteiger partial charge in [0.25, 0.3) is 0 Å². The van der Waals surface area contributed by atoms with Crippen molar-refractivity contribution in [2.24, 2.45) is 7.05 Å². The Balaban J connectivity index is 1.77. The normalized spacial score (nSPS) is 11.7. The summed E-state index contributed by atoms with van der Waals surface area (Å²) in [4.78, 5) is 4.72. The quantitative estimate of drug-likeness (QED) is 0.671. The van der Waals surface area contributed by atoms with E-state index in [4.69, 9.17) is 9.47 Å². The maximum Gasteiger partial charge on any atom is 0.244 e. The molecule has 27 heavy (non-hydrogen) atoms. The monoisotopic (exact) mass is 389 g/mol. The van der Waals surface area contributed by atoms with Crippen LogP contribution in [0.1, 0.15) is 11.4 Å². The summed E-state index contributed by atoms with van der Waals surface area (Å²) in [5.41, 5.74) is 2.63. The molecule has 1 aromatic heterocycles. The number of fused-ring (bicyclic) bond motifs is 1. The van der Waals surface area contributed by atoms with Crippen molar-refractivity contribution >= 4 is 21.1 Å². The molecule has 8 heteroatoms. The molecular weight excluding hydrogens is 366 g/mol. The first-order valence-corrected chi connectivity index (χ1v) is 9.97. The molecule has 0 spiro atoms. The summed E-state index contributed by atoms with van der Waals surface area (Å²) in [6.07, 6.45) is 0.459. The molecule has 2 aromatic carbocycles. The highest BCUT2D eigenvalue weighted by atomic mass is 32.2. The van der Waals surface area contributed by atoms with E-state index in [0.717, 1.165) is 28.2 Å². The predicted octanol–water partition coefficient (Wildman–Crippen LogP) is 2.42. The number of hydrogen-bond acceptors (Lipinski definition) is 5. The van der Waals surface area contributed by atoms with Crippen LogP contribution in [0.15, 0.2) is 41.3 Å². The Kier molecular flexibility index (Phi) is 5.38. The van der Waals surface area contributed by atoms with Crippen LogP contribution >= 0.6 is 0 Å². The van der Waals surface area contributed by atoms with E-state index in [1.807, 2.05) is 42.8 Å². The van der Waals surface area contributed by atoms with Crippen molar-refractivity contribution in [3.05, 3.63) is 47.8 Å². The zero-order chi connectivity index (χ0) is 19.6. The third-order valence-electron chi connectivity index (χ3n) is 4.43. The summed E-state index contributed by atoms with van der Waals surface area (Å²) < 4.78 is 40.3. The molecule has 0 atom stereocenters. The SMILES string of the molecule is COc1ccc2c(c1)nc(CCNS(=O)(=O)c1cc(C)ccc1OC)n2C. The molecule has 0 radical (unpaired) electrons. The van der Waals surface area contributed by atoms with Gasteiger partial charge in [0.2, 0.25) is 10.0 Å². The van der Waals surface area contributed by atoms with Crippen LogP contribution in [-0.2, 0) is 23.5 Å². The van der Waals surface area contributed by atoms with Crippen LogP contribution in [0.5, 0.6) is 11.5 Å². The smallest absolute Gasteiger partial charge is 0.244 e. The first kappa shape index (κ1) is 19.2. The highest BCUT2D eigenvalue weighted by Crippen LogP contribution is 2.25. The third kappa shape index (κ3) is 3.91. The summed E-state index contributed by atoms with van der Waals surface area (Å²) in [7, 11) is 1.30. The van der Waals surface area contributed by atoms with Gasteiger partial charge < -0.3 is 14.0 Å². The van der Waals surface area contributed by atoms with E-state index in [0.29, 0.717) is 12.2 Å². The fraction of sp³-hybridized carbons (Fsp3) is 0.316. The largest absolute Gasteiger partial charge is 0.497 e. The molecule has 3 aromatic rings. The number of sulfonamides is 1. The van der Waals surface area contributed by atoms with Crippen LogP contribution < -0.4 is 14.2 Å². The van der Waals surface area contributed by atoms with Crippen molar-refractivity contribution < 1.29 is 17.9 Å². The minimum absolute atomic E-state index is 0.139. The van der Waals surface area contributed by atoms with E-state index < -0.39 is 10.0 Å². The molecule has 3 rings (SSSR count). The number of aryl methyl sites for hydroxylation is 2. The zero-order valence-corrected chi connectivity index (χ0v) is 16.6. The van der Waals surface area contributed by atoms with Crippen LogP contribution in [0.25, 0.3) is 11.0 Å². The molecule has 0 saturated carbocycles. The molecule has 0 aliphatic heterocycles. The lowest BCUT2D eigenvalue weighted by molar-refractivity contribution is 0.402. The lowest BCUT2D eigenvalue weighted by Gasteiger charge is -2.11. The predicted molar refractivity (Wildman–Crippen MR) is 104 cm³/mol. The molecule has 0 amide bonds. The molecular formula is C19H23N3O4S. The van der Waals surface area contributed by atoms with Crippen LogP contribution in [0, 0.1) is 6.92 Å². The van der Waals surface area contributed by atoms with Gasteiger partial charge in [0.05, 0.1) is 25.3 Å². The van der Waals surface area contributed by atoms with Crippen LogP contribution in [0.2, 0.25) is 0 Å². The molecule has 144 valence electrons. The highest BCUT2D eigenvalue weighted by molar-refractivity contribution is 7.89. The summed E-state index contributed by atoms with van der Waals surface area (Å²) in [5.74, 6) is 1.85. The molecule has 7 nitrogen and oxygen atoms in total. The number of hydrogen-bond donors (Lipinski definition) is 1. The second-order valence-corrected chi connectivity index (χ2v) is 7.98. The first-order valence-electron chi connectivity index (χ1n) is 8.49. The number of rotatable bonds is 7. The van der Waals surface area contributed by atoms with E-state index in [9.17, 15) is 8.42 Å². The molecule has 1 heterocycles. The Hall–Kier alpha value is -2.58. The molecule has 0 aliphatic rings. The van der Waals surface area contributed by atoms with Crippen molar-refractivity contribution in [1.82, 2.24) is 14.3 Å². The zero-order valence-electron chi connectivity index (χ0n) is 15.8. The molecule has 0 unspecified atom stereocenters. The Morgan fingerprint density at radius 3 is 2.59 bits per heavy atom. The topological polar surface area (TPSA) is 82.4 Å². The van der Waals surface area contributed by atoms with Crippen molar-refractivity contribution in [2.45, 2.75) is 18.2 Å². The maximum atomic E-state index is 12.7. The van der Waals surface area contributed by atoms with Gasteiger partial charge in [0, 0.05) is 26.1 Å². The fourth-order valence-corrected chi connectivity index (χ4v) is 4.23. The fourth-order valence-electron chi connectivity index (χ4n) is 2.95. The average Bonchev–Trinajstić information content (AvgIpc) is 2.96. The molecule has 0 bridgehead atoms. The van der Waals surface area contributed by atoms with Crippen molar-refractivity contribution in [2.75, 3.05) is 20.8 Å². The van der Waals surface area contributed by atoms with Gasteiger partial charge in [-0.15, -0.1) is 0 Å². The minimum atomic E-state index is -3.68. The van der Waals surface area contributed by atoms with E-state index in [2.05, 4.69) is 9.71 Å². The van der Waals surface area contributed by atoms with Gasteiger partial charge in [-0.2, -0.15) is 0 Å². The summed E-state index contributed by atoms with van der Waals surface area (Å²) in [6.45, 7) is 2.07. The number of aromatic nitrogens is 2. The highest BCUT2D eigenvalue weighted by Gasteiger charge is 2.19. The van der Waals surface area contributed by atoms with E-state index >= 15 is 0 Å². The van der Waals surface area contributed by atoms with Crippen molar-refractivity contribution in [3.63, 3.8) is 0 Å². The first-order chi connectivity index (χ1) is 12.9. The van der Waals surface area contributed by atoms with Gasteiger partial charge in [0.1, 0.15) is 22.2 Å². The molecule has 0 aliphatic carbocycles. The lowest BCUT2D eigenvalue weighted by atomic mass is 10.2. The van der Waals surface area contributed by atoms with Gasteiger partial charge in [-0.1, -0.05) is 6.07 Å². The standard InChI is InChI=1S/C19H23N3O4S/c1-13-5-8-17(26-4)18(11-13)27(23,24)20-10-9-19-21-15-12-14(25-3)6-7-16(15)22(19)2/h5-8,11-12,20H,9-10H2,1-4H3. The minimum Gasteiger partial charge on any atom is -0.497 e. The van der Waals surface area contributed by atoms with E-state index in [1.54, 1.807) is 19.2 Å². The van der Waals surface area contributed by atoms with E-state index in [1.165, 1.54) is 7.11 Å². The second kappa shape index (κ2) is 7.58. The number of methoxy groups -OCH3 is 2. The summed E-state index contributed by atoms with van der Waals surface area (Å²) in [6, 6.07) is 10.7. The van der Waals surface area contributed by atoms with Gasteiger partial charge in [-0.25, -0.2) is 18.1 Å². The second-order valence-electron chi connectivity index (χ2n) is 6.24. The number of benzene rings is 2. The average molecular weight is 389 g/mol. The van der Waals surface area contributed by atoms with Crippen molar-refractivity contribution in [3.8, 4) is 11.5 Å². The number of nitrogens with one attached hydrogen (secondary N) is 1. The van der Waals surface area contributed by atoms with Crippen LogP contribution in [0.3, 0.4) is 0 Å². The van der Waals surface area contributed by atoms with Crippen LogP contribution in [-0.4, -0.2) is 38.7 Å². The molecule has 0 fully saturated rings. The van der Waals surface area contributed by atoms with Crippen LogP contribution in [0.4, 0.5) is 0 Å². The Bertz CT molecular complexity index is 1070. The van der Waals surface area contributed by atoms with Crippen molar-refractivity contribution in [1.29, 1.82) is 0 Å². The van der Waals surface area contributed by atoms with Gasteiger partial charge in [0.15, 0.2) is 0 Å². The summed E-state index contributed by atoms with van der Waals surface area (Å²) in [5, 5.41) is 0. The maximum absolute atomic E-state index is 12.7. The third-order valence-corrected chi connectivity index (χ3v) is 5.91. The molecule has 1 N–H and O–H groups in total. The number of nitrogens with zero attached hydrogens (tertiary/aromatic N) is 2. The Morgan fingerprint density at radius 1 is 1.11 bits per heavy atom. The Morgan fingerprint density at radius 2 is 1.89 bits per heavy atom. The number of ether oxygens (including phenoxy) is 2. The lowest BCUT2D eigenvalue weighted by Crippen LogP contribution is -2.27. The number of imidazole rings is 1. The summed E-state index contributed by atoms with van der Waals surface area (Å²) >= 11 is 0. The van der Waals surface area contributed by atoms with E-state index in [-0.39, 0.29) is 11.4 Å². The van der Waals surface area contributed by atoms with Gasteiger partial charge in [-0.3, -0.25) is 0 Å². The van der Waals surface area contributed by atoms with Gasteiger partial charge >= 0.3 is 0 Å². The van der Waals surface area contributed by atoms with Gasteiger partial charge in [-0.05, 0) is 36.8 Å². The molecule has 0 saturated heterocycles.